The summed E-state index contributed by atoms with van der Waals surface area (Å²) in [5.41, 5.74) is 6.28. The SMILES string of the molecule is NC(=O)OCCCCCCNC(=O)c1cccc2sc(N3CCOCC3)nc12. The number of ether oxygens (including phenoxy) is 2. The lowest BCUT2D eigenvalue weighted by atomic mass is 10.1. The minimum atomic E-state index is -0.736. The lowest BCUT2D eigenvalue weighted by molar-refractivity contribution is 0.0954. The van der Waals surface area contributed by atoms with Gasteiger partial charge in [0.05, 0.1) is 35.6 Å². The number of aromatic nitrogens is 1. The first kappa shape index (κ1) is 20.3. The predicted octanol–water partition coefficient (Wildman–Crippen LogP) is 2.52. The van der Waals surface area contributed by atoms with Crippen LogP contribution in [0.25, 0.3) is 10.2 Å². The van der Waals surface area contributed by atoms with Crippen LogP contribution < -0.4 is 16.0 Å². The Labute approximate surface area is 168 Å². The van der Waals surface area contributed by atoms with Crippen LogP contribution in [0.15, 0.2) is 18.2 Å². The predicted molar refractivity (Wildman–Crippen MR) is 109 cm³/mol. The van der Waals surface area contributed by atoms with E-state index in [1.807, 2.05) is 18.2 Å². The zero-order chi connectivity index (χ0) is 19.8. The molecule has 1 saturated heterocycles. The number of thiazole rings is 1. The van der Waals surface area contributed by atoms with E-state index in [0.717, 1.165) is 54.1 Å². The largest absolute Gasteiger partial charge is 0.450 e. The number of para-hydroxylation sites is 1. The van der Waals surface area contributed by atoms with E-state index in [9.17, 15) is 9.59 Å². The van der Waals surface area contributed by atoms with Crippen molar-refractivity contribution in [3.63, 3.8) is 0 Å². The molecule has 0 saturated carbocycles. The quantitative estimate of drug-likeness (QED) is 0.620. The molecule has 1 aliphatic heterocycles. The van der Waals surface area contributed by atoms with Crippen LogP contribution in [0, 0.1) is 0 Å². The van der Waals surface area contributed by atoms with Crippen molar-refractivity contribution in [3.05, 3.63) is 23.8 Å². The number of nitrogens with zero attached hydrogens (tertiary/aromatic N) is 2. The average molecular weight is 407 g/mol. The number of hydrogen-bond acceptors (Lipinski definition) is 7. The summed E-state index contributed by atoms with van der Waals surface area (Å²) in [5.74, 6) is -0.0958. The van der Waals surface area contributed by atoms with Crippen molar-refractivity contribution < 1.29 is 19.1 Å². The number of fused-ring (bicyclic) bond motifs is 1. The smallest absolute Gasteiger partial charge is 0.404 e. The van der Waals surface area contributed by atoms with Gasteiger partial charge in [-0.25, -0.2) is 9.78 Å². The van der Waals surface area contributed by atoms with Gasteiger partial charge in [-0.3, -0.25) is 4.79 Å². The summed E-state index contributed by atoms with van der Waals surface area (Å²) in [6, 6.07) is 5.72. The second-order valence-electron chi connectivity index (χ2n) is 6.59. The highest BCUT2D eigenvalue weighted by molar-refractivity contribution is 7.22. The van der Waals surface area contributed by atoms with Gasteiger partial charge in [-0.2, -0.15) is 0 Å². The lowest BCUT2D eigenvalue weighted by Crippen LogP contribution is -2.36. The summed E-state index contributed by atoms with van der Waals surface area (Å²) in [6.45, 7) is 4.01. The molecule has 1 aromatic heterocycles. The number of hydrogen-bond donors (Lipinski definition) is 2. The fourth-order valence-corrected chi connectivity index (χ4v) is 4.10. The third kappa shape index (κ3) is 5.56. The van der Waals surface area contributed by atoms with Crippen molar-refractivity contribution in [3.8, 4) is 0 Å². The summed E-state index contributed by atoms with van der Waals surface area (Å²) in [7, 11) is 0. The average Bonchev–Trinajstić information content (AvgIpc) is 3.14. The molecule has 0 spiro atoms. The van der Waals surface area contributed by atoms with Gasteiger partial charge in [-0.1, -0.05) is 23.8 Å². The molecule has 0 unspecified atom stereocenters. The van der Waals surface area contributed by atoms with Crippen LogP contribution in [0.3, 0.4) is 0 Å². The van der Waals surface area contributed by atoms with Crippen molar-refractivity contribution in [1.82, 2.24) is 10.3 Å². The Balaban J connectivity index is 1.49. The number of nitrogens with one attached hydrogen (secondary N) is 1. The van der Waals surface area contributed by atoms with E-state index in [-0.39, 0.29) is 5.91 Å². The molecule has 3 rings (SSSR count). The van der Waals surface area contributed by atoms with E-state index in [1.165, 1.54) is 0 Å². The maximum absolute atomic E-state index is 12.6. The Morgan fingerprint density at radius 1 is 1.21 bits per heavy atom. The molecule has 1 aliphatic rings. The topological polar surface area (TPSA) is 107 Å². The van der Waals surface area contributed by atoms with E-state index < -0.39 is 6.09 Å². The number of unbranched alkanes of at least 4 members (excludes halogenated alkanes) is 3. The molecule has 9 heteroatoms. The van der Waals surface area contributed by atoms with Crippen LogP contribution in [0.1, 0.15) is 36.0 Å². The highest BCUT2D eigenvalue weighted by Crippen LogP contribution is 2.31. The van der Waals surface area contributed by atoms with Gasteiger partial charge < -0.3 is 25.4 Å². The number of benzene rings is 1. The zero-order valence-electron chi connectivity index (χ0n) is 15.8. The Morgan fingerprint density at radius 2 is 2.00 bits per heavy atom. The third-order valence-corrected chi connectivity index (χ3v) is 5.62. The first-order valence-corrected chi connectivity index (χ1v) is 10.4. The molecule has 0 aliphatic carbocycles. The van der Waals surface area contributed by atoms with E-state index in [1.54, 1.807) is 11.3 Å². The van der Waals surface area contributed by atoms with Crippen LogP contribution in [0.5, 0.6) is 0 Å². The van der Waals surface area contributed by atoms with Crippen LogP contribution in [-0.2, 0) is 9.47 Å². The number of anilines is 1. The van der Waals surface area contributed by atoms with Crippen LogP contribution >= 0.6 is 11.3 Å². The van der Waals surface area contributed by atoms with Crippen molar-refractivity contribution in [1.29, 1.82) is 0 Å². The van der Waals surface area contributed by atoms with Crippen LogP contribution in [-0.4, -0.2) is 56.4 Å². The van der Waals surface area contributed by atoms with Gasteiger partial charge in [-0.05, 0) is 31.4 Å². The molecule has 1 fully saturated rings. The molecule has 152 valence electrons. The van der Waals surface area contributed by atoms with E-state index in [0.29, 0.717) is 31.9 Å². The van der Waals surface area contributed by atoms with Crippen molar-refractivity contribution in [2.45, 2.75) is 25.7 Å². The van der Waals surface area contributed by atoms with E-state index >= 15 is 0 Å². The Bertz CT molecular complexity index is 804. The molecule has 28 heavy (non-hydrogen) atoms. The first-order chi connectivity index (χ1) is 13.6. The highest BCUT2D eigenvalue weighted by atomic mass is 32.1. The number of rotatable bonds is 9. The number of carbonyl (C=O) groups excluding carboxylic acids is 2. The molecule has 0 bridgehead atoms. The molecule has 2 aromatic rings. The molecular weight excluding hydrogens is 380 g/mol. The van der Waals surface area contributed by atoms with Gasteiger partial charge in [0, 0.05) is 19.6 Å². The maximum atomic E-state index is 12.6. The summed E-state index contributed by atoms with van der Waals surface area (Å²) >= 11 is 1.61. The number of carbonyl (C=O) groups is 2. The van der Waals surface area contributed by atoms with Gasteiger partial charge in [-0.15, -0.1) is 0 Å². The highest BCUT2D eigenvalue weighted by Gasteiger charge is 2.18. The van der Waals surface area contributed by atoms with Gasteiger partial charge in [0.25, 0.3) is 5.91 Å². The Hall–Kier alpha value is -2.39. The van der Waals surface area contributed by atoms with E-state index in [4.69, 9.17) is 15.5 Å². The van der Waals surface area contributed by atoms with Crippen LogP contribution in [0.4, 0.5) is 9.93 Å². The van der Waals surface area contributed by atoms with Crippen molar-refractivity contribution in [2.24, 2.45) is 5.73 Å². The van der Waals surface area contributed by atoms with Crippen LogP contribution in [0.2, 0.25) is 0 Å². The minimum absolute atomic E-state index is 0.0958. The zero-order valence-corrected chi connectivity index (χ0v) is 16.6. The second-order valence-corrected chi connectivity index (χ2v) is 7.59. The monoisotopic (exact) mass is 406 g/mol. The van der Waals surface area contributed by atoms with Gasteiger partial charge in [0.15, 0.2) is 5.13 Å². The Kier molecular flexibility index (Phi) is 7.44. The summed E-state index contributed by atoms with van der Waals surface area (Å²) in [6.07, 6.45) is 2.78. The minimum Gasteiger partial charge on any atom is -0.450 e. The molecular formula is C19H26N4O4S. The molecule has 0 radical (unpaired) electrons. The molecule has 2 heterocycles. The summed E-state index contributed by atoms with van der Waals surface area (Å²) in [4.78, 5) is 30.0. The standard InChI is InChI=1S/C19H26N4O4S/c20-18(25)27-11-4-2-1-3-8-21-17(24)14-6-5-7-15-16(14)22-19(28-15)23-9-12-26-13-10-23/h5-7H,1-4,8-13H2,(H2,20,25)(H,21,24). The molecule has 1 aromatic carbocycles. The van der Waals surface area contributed by atoms with E-state index in [2.05, 4.69) is 15.0 Å². The van der Waals surface area contributed by atoms with Crippen molar-refractivity contribution in [2.75, 3.05) is 44.4 Å². The van der Waals surface area contributed by atoms with Gasteiger partial charge in [0.2, 0.25) is 0 Å². The first-order valence-electron chi connectivity index (χ1n) is 9.58. The Morgan fingerprint density at radius 3 is 2.79 bits per heavy atom. The fraction of sp³-hybridized carbons (Fsp3) is 0.526. The fourth-order valence-electron chi connectivity index (χ4n) is 3.06. The summed E-state index contributed by atoms with van der Waals surface area (Å²) in [5, 5.41) is 3.92. The number of nitrogens with two attached hydrogens (primary N) is 1. The molecule has 3 N–H and O–H groups in total. The van der Waals surface area contributed by atoms with Gasteiger partial charge in [0.1, 0.15) is 0 Å². The number of morpholine rings is 1. The normalized spacial score (nSPS) is 14.2. The van der Waals surface area contributed by atoms with Gasteiger partial charge >= 0.3 is 6.09 Å². The second kappa shape index (κ2) is 10.2. The number of amides is 2. The number of primary amides is 1. The van der Waals surface area contributed by atoms with Crippen molar-refractivity contribution >= 4 is 38.7 Å². The molecule has 2 amide bonds. The summed E-state index contributed by atoms with van der Waals surface area (Å²) < 4.78 is 11.1. The third-order valence-electron chi connectivity index (χ3n) is 4.53. The molecule has 8 nitrogen and oxygen atoms in total. The maximum Gasteiger partial charge on any atom is 0.404 e. The lowest BCUT2D eigenvalue weighted by Gasteiger charge is -2.25. The molecule has 0 atom stereocenters.